The molecule has 4 aromatic carbocycles. The minimum absolute atomic E-state index is 0.144. The van der Waals surface area contributed by atoms with Crippen molar-refractivity contribution >= 4 is 48.3 Å². The number of aliphatic carboxylic acids is 1. The Balaban J connectivity index is 0.000000168. The molecule has 4 aromatic rings. The van der Waals surface area contributed by atoms with Crippen LogP contribution in [0.1, 0.15) is 27.1 Å². The molecule has 5 rings (SSSR count). The maximum absolute atomic E-state index is 11.7. The number of carboxylic acids is 1. The predicted molar refractivity (Wildman–Crippen MR) is 135 cm³/mol. The number of imide groups is 1. The summed E-state index contributed by atoms with van der Waals surface area (Å²) in [6.45, 7) is -0.144. The zero-order chi connectivity index (χ0) is 24.6. The van der Waals surface area contributed by atoms with Gasteiger partial charge in [-0.3, -0.25) is 14.5 Å². The number of carbonyl (C=O) groups excluding carboxylic acids is 3. The van der Waals surface area contributed by atoms with Crippen LogP contribution in [0.5, 0.6) is 0 Å². The van der Waals surface area contributed by atoms with E-state index in [2.05, 4.69) is 91.0 Å². The Bertz CT molecular complexity index is 1180. The summed E-state index contributed by atoms with van der Waals surface area (Å²) in [6.07, 6.45) is -0.342. The van der Waals surface area contributed by atoms with E-state index in [1.54, 1.807) is 24.3 Å². The van der Waals surface area contributed by atoms with Crippen molar-refractivity contribution in [1.29, 1.82) is 0 Å². The average molecular weight is 568 g/mol. The van der Waals surface area contributed by atoms with E-state index in [4.69, 9.17) is 0 Å². The fraction of sp³-hybridized carbons (Fsp3) is 0.0690. The van der Waals surface area contributed by atoms with Gasteiger partial charge in [0.25, 0.3) is 11.8 Å². The normalized spacial score (nSPS) is 11.9. The monoisotopic (exact) mass is 569 g/mol. The number of carbonyl (C=O) groups is 3. The van der Waals surface area contributed by atoms with Crippen molar-refractivity contribution in [3.8, 4) is 0 Å². The van der Waals surface area contributed by atoms with Crippen molar-refractivity contribution in [3.63, 3.8) is 0 Å². The van der Waals surface area contributed by atoms with Crippen LogP contribution in [0.3, 0.4) is 0 Å². The van der Waals surface area contributed by atoms with Crippen LogP contribution in [-0.2, 0) is 4.79 Å². The number of amides is 2. The summed E-state index contributed by atoms with van der Waals surface area (Å²) in [5.41, 5.74) is 0.650. The number of benzene rings is 4. The summed E-state index contributed by atoms with van der Waals surface area (Å²) in [6, 6.07) is 39.4. The topological polar surface area (TPSA) is 77.5 Å². The van der Waals surface area contributed by atoms with Crippen molar-refractivity contribution in [2.75, 3.05) is 6.54 Å². The van der Waals surface area contributed by atoms with Crippen LogP contribution in [0.15, 0.2) is 115 Å². The molecule has 0 aliphatic carbocycles. The first-order chi connectivity index (χ1) is 17.1. The zero-order valence-corrected chi connectivity index (χ0v) is 21.8. The van der Waals surface area contributed by atoms with Crippen LogP contribution in [0.2, 0.25) is 0 Å². The van der Waals surface area contributed by atoms with E-state index in [0.29, 0.717) is 11.1 Å². The van der Waals surface area contributed by atoms with Gasteiger partial charge in [-0.15, -0.1) is 0 Å². The van der Waals surface area contributed by atoms with Gasteiger partial charge in [0.1, 0.15) is 0 Å². The molecule has 35 heavy (non-hydrogen) atoms. The Hall–Kier alpha value is -3.71. The van der Waals surface area contributed by atoms with Gasteiger partial charge in [0.15, 0.2) is 0 Å². The van der Waals surface area contributed by atoms with Gasteiger partial charge in [-0.25, -0.2) is 0 Å². The zero-order valence-electron chi connectivity index (χ0n) is 19.0. The van der Waals surface area contributed by atoms with Gasteiger partial charge in [0.2, 0.25) is 0 Å². The third kappa shape index (κ3) is 5.86. The average Bonchev–Trinajstić information content (AvgIpc) is 3.14. The Morgan fingerprint density at radius 2 is 0.943 bits per heavy atom. The molecule has 1 aliphatic rings. The van der Waals surface area contributed by atoms with Crippen molar-refractivity contribution in [3.05, 3.63) is 126 Å². The van der Waals surface area contributed by atoms with Gasteiger partial charge < -0.3 is 9.90 Å². The summed E-state index contributed by atoms with van der Waals surface area (Å²) >= 11 is -1.98. The molecule has 1 aliphatic heterocycles. The van der Waals surface area contributed by atoms with E-state index in [0.717, 1.165) is 4.90 Å². The molecule has 2 amide bonds. The Kier molecular flexibility index (Phi) is 8.10. The fourth-order valence-corrected chi connectivity index (χ4v) is 11.3. The van der Waals surface area contributed by atoms with Crippen molar-refractivity contribution < 1.29 is 19.5 Å². The molecule has 172 valence electrons. The maximum atomic E-state index is 11.7. The van der Waals surface area contributed by atoms with E-state index in [1.807, 2.05) is 0 Å². The molecule has 0 bridgehead atoms. The van der Waals surface area contributed by atoms with Crippen LogP contribution in [0, 0.1) is 0 Å². The first kappa shape index (κ1) is 24.4. The Morgan fingerprint density at radius 1 is 0.600 bits per heavy atom. The molecule has 1 heterocycles. The van der Waals surface area contributed by atoms with Gasteiger partial charge in [-0.05, 0) is 12.1 Å². The van der Waals surface area contributed by atoms with Crippen LogP contribution in [0.4, 0.5) is 0 Å². The molecule has 0 atom stereocenters. The van der Waals surface area contributed by atoms with E-state index >= 15 is 0 Å². The second-order valence-corrected chi connectivity index (χ2v) is 15.0. The summed E-state index contributed by atoms with van der Waals surface area (Å²) in [5, 5.41) is 10.3. The van der Waals surface area contributed by atoms with E-state index in [9.17, 15) is 19.5 Å². The molecule has 6 heteroatoms. The predicted octanol–water partition coefficient (Wildman–Crippen LogP) is 1.63. The number of nitrogens with zero attached hydrogens (tertiary/aromatic N) is 1. The molecule has 0 radical (unpaired) electrons. The van der Waals surface area contributed by atoms with Gasteiger partial charge in [-0.2, -0.15) is 0 Å². The third-order valence-corrected chi connectivity index (χ3v) is 13.4. The molecule has 0 fully saturated rings. The van der Waals surface area contributed by atoms with Crippen molar-refractivity contribution in [2.45, 2.75) is 6.42 Å². The molecule has 0 saturated heterocycles. The molecule has 0 saturated carbocycles. The minimum atomic E-state index is -1.98. The summed E-state index contributed by atoms with van der Waals surface area (Å²) < 4.78 is 4.59. The van der Waals surface area contributed by atoms with Crippen LogP contribution in [-0.4, -0.2) is 49.0 Å². The number of fused-ring (bicyclic) bond motifs is 1. The van der Waals surface area contributed by atoms with Gasteiger partial charge in [0, 0.05) is 18.9 Å². The van der Waals surface area contributed by atoms with Gasteiger partial charge >= 0.3 is 121 Å². The number of hydrogen-bond donors (Lipinski definition) is 0. The SMILES string of the molecule is O=C([O-])CCN1C(=O)c2ccccc2C1=O.c1cc[c]([Sn+]([c]2ccccc2)[c]2ccccc2)cc1. The Labute approximate surface area is 211 Å². The van der Waals surface area contributed by atoms with Crippen LogP contribution in [0.25, 0.3) is 0 Å². The van der Waals surface area contributed by atoms with E-state index in [1.165, 1.54) is 10.7 Å². The molecule has 5 nitrogen and oxygen atoms in total. The quantitative estimate of drug-likeness (QED) is 0.262. The van der Waals surface area contributed by atoms with E-state index in [-0.39, 0.29) is 13.0 Å². The first-order valence-electron chi connectivity index (χ1n) is 11.2. The number of hydrogen-bond acceptors (Lipinski definition) is 4. The van der Waals surface area contributed by atoms with Crippen LogP contribution < -0.4 is 15.8 Å². The second kappa shape index (κ2) is 11.6. The molecule has 0 spiro atoms. The molecule has 0 aromatic heterocycles. The van der Waals surface area contributed by atoms with Crippen molar-refractivity contribution in [1.82, 2.24) is 4.90 Å². The van der Waals surface area contributed by atoms with Crippen molar-refractivity contribution in [2.24, 2.45) is 0 Å². The molecule has 0 unspecified atom stereocenters. The third-order valence-electron chi connectivity index (χ3n) is 5.61. The summed E-state index contributed by atoms with van der Waals surface area (Å²) in [4.78, 5) is 34.6. The number of rotatable bonds is 6. The second-order valence-electron chi connectivity index (χ2n) is 7.90. The summed E-state index contributed by atoms with van der Waals surface area (Å²) in [5.74, 6) is -2.17. The van der Waals surface area contributed by atoms with E-state index < -0.39 is 37.5 Å². The fourth-order valence-electron chi connectivity index (χ4n) is 3.96. The van der Waals surface area contributed by atoms with Gasteiger partial charge in [0.05, 0.1) is 11.1 Å². The van der Waals surface area contributed by atoms with Gasteiger partial charge in [-0.1, -0.05) is 12.1 Å². The molecular weight excluding hydrogens is 545 g/mol. The summed E-state index contributed by atoms with van der Waals surface area (Å²) in [7, 11) is 0. The molecule has 0 N–H and O–H groups in total. The first-order valence-corrected chi connectivity index (χ1v) is 15.5. The van der Waals surface area contributed by atoms with Crippen LogP contribution >= 0.6 is 0 Å². The molecular formula is C29H23NO4Sn. The Morgan fingerprint density at radius 3 is 1.29 bits per heavy atom. The standard InChI is InChI=1S/C11H9NO4.3C6H5.Sn/c13-9(14)5-6-12-10(15)7-3-1-2-4-8(7)11(12)16;3*1-2-4-6-5-3-1;/h1-4H,5-6H2,(H,13,14);3*1-5H;/q;;;;+1/p-1. The number of carboxylic acid groups (broad SMARTS) is 1.